The Labute approximate surface area is 176 Å². The van der Waals surface area contributed by atoms with Crippen molar-refractivity contribution in [3.8, 4) is 0 Å². The van der Waals surface area contributed by atoms with Gasteiger partial charge in [0, 0.05) is 30.7 Å². The zero-order valence-electron chi connectivity index (χ0n) is 16.4. The molecule has 4 rings (SSSR count). The van der Waals surface area contributed by atoms with Crippen LogP contribution in [0, 0.1) is 10.1 Å². The standard InChI is InChI=1S/C19H20N8O4/c20-17(28)12-1-3-13(4-2-12)23-18-16(27(29)30)10-21-19(25-18)24-14-9-22-26(11-14)15-5-7-31-8-6-15/h1-4,9-11,15H,5-8H2,(H2,20,28)(H2,21,23,24,25). The van der Waals surface area contributed by atoms with Crippen LogP contribution in [-0.2, 0) is 4.74 Å². The van der Waals surface area contributed by atoms with Crippen molar-refractivity contribution in [3.63, 3.8) is 0 Å². The van der Waals surface area contributed by atoms with E-state index in [1.54, 1.807) is 18.3 Å². The van der Waals surface area contributed by atoms with Gasteiger partial charge in [-0.2, -0.15) is 10.1 Å². The highest BCUT2D eigenvalue weighted by Crippen LogP contribution is 2.27. The van der Waals surface area contributed by atoms with E-state index >= 15 is 0 Å². The third-order valence-electron chi connectivity index (χ3n) is 4.82. The van der Waals surface area contributed by atoms with Crippen molar-refractivity contribution in [2.75, 3.05) is 23.8 Å². The summed E-state index contributed by atoms with van der Waals surface area (Å²) < 4.78 is 7.24. The number of nitro groups is 1. The molecule has 0 saturated carbocycles. The Bertz CT molecular complexity index is 1090. The molecule has 0 bridgehead atoms. The molecule has 0 aliphatic carbocycles. The van der Waals surface area contributed by atoms with Crippen LogP contribution in [0.3, 0.4) is 0 Å². The van der Waals surface area contributed by atoms with Crippen LogP contribution in [-0.4, -0.2) is 43.8 Å². The number of benzene rings is 1. The van der Waals surface area contributed by atoms with Gasteiger partial charge in [0.1, 0.15) is 6.20 Å². The molecule has 160 valence electrons. The van der Waals surface area contributed by atoms with Crippen LogP contribution < -0.4 is 16.4 Å². The van der Waals surface area contributed by atoms with Crippen LogP contribution in [0.25, 0.3) is 0 Å². The minimum absolute atomic E-state index is 0.00569. The lowest BCUT2D eigenvalue weighted by atomic mass is 10.1. The number of aromatic nitrogens is 4. The molecule has 0 atom stereocenters. The zero-order chi connectivity index (χ0) is 21.8. The van der Waals surface area contributed by atoms with E-state index in [1.165, 1.54) is 12.1 Å². The van der Waals surface area contributed by atoms with Crippen LogP contribution in [0.15, 0.2) is 42.9 Å². The smallest absolute Gasteiger partial charge is 0.329 e. The van der Waals surface area contributed by atoms with Gasteiger partial charge in [0.15, 0.2) is 0 Å². The summed E-state index contributed by atoms with van der Waals surface area (Å²) in [4.78, 5) is 30.3. The van der Waals surface area contributed by atoms with Crippen molar-refractivity contribution < 1.29 is 14.5 Å². The van der Waals surface area contributed by atoms with Gasteiger partial charge in [-0.3, -0.25) is 19.6 Å². The number of hydrogen-bond acceptors (Lipinski definition) is 9. The van der Waals surface area contributed by atoms with Gasteiger partial charge in [0.25, 0.3) is 0 Å². The number of amides is 1. The van der Waals surface area contributed by atoms with Crippen molar-refractivity contribution in [2.45, 2.75) is 18.9 Å². The Morgan fingerprint density at radius 2 is 1.90 bits per heavy atom. The average Bonchev–Trinajstić information content (AvgIpc) is 3.23. The fourth-order valence-electron chi connectivity index (χ4n) is 3.20. The number of nitrogens with zero attached hydrogens (tertiary/aromatic N) is 5. The number of rotatable bonds is 7. The van der Waals surface area contributed by atoms with Gasteiger partial charge in [-0.1, -0.05) is 0 Å². The predicted octanol–water partition coefficient (Wildman–Crippen LogP) is 2.52. The first-order chi connectivity index (χ1) is 15.0. The van der Waals surface area contributed by atoms with E-state index in [-0.39, 0.29) is 23.5 Å². The molecule has 31 heavy (non-hydrogen) atoms. The van der Waals surface area contributed by atoms with Crippen molar-refractivity contribution in [1.82, 2.24) is 19.7 Å². The maximum Gasteiger partial charge on any atom is 0.329 e. The molecule has 1 aromatic carbocycles. The molecule has 1 fully saturated rings. The summed E-state index contributed by atoms with van der Waals surface area (Å²) in [5.41, 5.74) is 6.44. The number of nitrogens with one attached hydrogen (secondary N) is 2. The number of anilines is 4. The minimum Gasteiger partial charge on any atom is -0.381 e. The summed E-state index contributed by atoms with van der Waals surface area (Å²) in [5, 5.41) is 21.7. The van der Waals surface area contributed by atoms with E-state index in [2.05, 4.69) is 25.7 Å². The van der Waals surface area contributed by atoms with E-state index < -0.39 is 10.8 Å². The third kappa shape index (κ3) is 4.75. The lowest BCUT2D eigenvalue weighted by Crippen LogP contribution is -2.19. The van der Waals surface area contributed by atoms with Crippen LogP contribution in [0.5, 0.6) is 0 Å². The van der Waals surface area contributed by atoms with Crippen molar-refractivity contribution >= 4 is 34.7 Å². The quantitative estimate of drug-likeness (QED) is 0.382. The van der Waals surface area contributed by atoms with E-state index in [1.807, 2.05) is 10.9 Å². The molecule has 1 amide bonds. The second kappa shape index (κ2) is 8.75. The highest BCUT2D eigenvalue weighted by Gasteiger charge is 2.19. The first kappa shape index (κ1) is 20.2. The van der Waals surface area contributed by atoms with Gasteiger partial charge in [0.05, 0.1) is 22.8 Å². The summed E-state index contributed by atoms with van der Waals surface area (Å²) in [7, 11) is 0. The Hall–Kier alpha value is -4.06. The Kier molecular flexibility index (Phi) is 5.71. The summed E-state index contributed by atoms with van der Waals surface area (Å²) in [6, 6.07) is 6.46. The first-order valence-electron chi connectivity index (χ1n) is 9.57. The summed E-state index contributed by atoms with van der Waals surface area (Å²) in [5.74, 6) is -0.383. The maximum atomic E-state index is 11.4. The van der Waals surface area contributed by atoms with E-state index in [9.17, 15) is 14.9 Å². The van der Waals surface area contributed by atoms with Gasteiger partial charge in [0.2, 0.25) is 17.7 Å². The molecule has 2 aromatic heterocycles. The molecule has 0 spiro atoms. The van der Waals surface area contributed by atoms with Crippen LogP contribution in [0.2, 0.25) is 0 Å². The zero-order valence-corrected chi connectivity index (χ0v) is 16.4. The molecule has 1 aliphatic rings. The van der Waals surface area contributed by atoms with Crippen molar-refractivity contribution in [2.24, 2.45) is 5.73 Å². The Balaban J connectivity index is 1.53. The lowest BCUT2D eigenvalue weighted by molar-refractivity contribution is -0.384. The molecule has 4 N–H and O–H groups in total. The fourth-order valence-corrected chi connectivity index (χ4v) is 3.20. The minimum atomic E-state index is -0.576. The molecular weight excluding hydrogens is 404 g/mol. The number of carbonyl (C=O) groups is 1. The Morgan fingerprint density at radius 1 is 1.16 bits per heavy atom. The van der Waals surface area contributed by atoms with Crippen LogP contribution in [0.4, 0.5) is 28.8 Å². The number of hydrogen-bond donors (Lipinski definition) is 3. The number of nitrogens with two attached hydrogens (primary N) is 1. The predicted molar refractivity (Wildman–Crippen MR) is 112 cm³/mol. The summed E-state index contributed by atoms with van der Waals surface area (Å²) in [6.45, 7) is 1.41. The van der Waals surface area contributed by atoms with Crippen LogP contribution >= 0.6 is 0 Å². The van der Waals surface area contributed by atoms with Crippen LogP contribution in [0.1, 0.15) is 29.2 Å². The molecule has 0 unspecified atom stereocenters. The second-order valence-electron chi connectivity index (χ2n) is 6.93. The van der Waals surface area contributed by atoms with Gasteiger partial charge in [-0.15, -0.1) is 0 Å². The third-order valence-corrected chi connectivity index (χ3v) is 4.82. The largest absolute Gasteiger partial charge is 0.381 e. The van der Waals surface area contributed by atoms with Gasteiger partial charge >= 0.3 is 5.69 Å². The van der Waals surface area contributed by atoms with E-state index in [4.69, 9.17) is 10.5 Å². The monoisotopic (exact) mass is 424 g/mol. The second-order valence-corrected chi connectivity index (χ2v) is 6.93. The summed E-state index contributed by atoms with van der Waals surface area (Å²) >= 11 is 0. The fraction of sp³-hybridized carbons (Fsp3) is 0.263. The SMILES string of the molecule is NC(=O)c1ccc(Nc2nc(Nc3cnn(C4CCOCC4)c3)ncc2[N+](=O)[O-])cc1. The van der Waals surface area contributed by atoms with E-state index in [0.717, 1.165) is 19.0 Å². The number of primary amides is 1. The highest BCUT2D eigenvalue weighted by molar-refractivity contribution is 5.93. The topological polar surface area (TPSA) is 163 Å². The maximum absolute atomic E-state index is 11.4. The Morgan fingerprint density at radius 3 is 2.58 bits per heavy atom. The van der Waals surface area contributed by atoms with Gasteiger partial charge in [-0.05, 0) is 37.1 Å². The number of ether oxygens (including phenoxy) is 1. The molecular formula is C19H20N8O4. The normalized spacial score (nSPS) is 14.2. The first-order valence-corrected chi connectivity index (χ1v) is 9.57. The average molecular weight is 424 g/mol. The van der Waals surface area contributed by atoms with Gasteiger partial charge in [-0.25, -0.2) is 4.98 Å². The molecule has 12 nitrogen and oxygen atoms in total. The number of carbonyl (C=O) groups excluding carboxylic acids is 1. The summed E-state index contributed by atoms with van der Waals surface area (Å²) in [6.07, 6.45) is 6.39. The van der Waals surface area contributed by atoms with Crippen molar-refractivity contribution in [3.05, 3.63) is 58.5 Å². The van der Waals surface area contributed by atoms with E-state index in [0.29, 0.717) is 30.2 Å². The molecule has 3 aromatic rings. The molecule has 0 radical (unpaired) electrons. The van der Waals surface area contributed by atoms with Crippen molar-refractivity contribution in [1.29, 1.82) is 0 Å². The molecule has 3 heterocycles. The lowest BCUT2D eigenvalue weighted by Gasteiger charge is -2.22. The highest BCUT2D eigenvalue weighted by atomic mass is 16.6. The van der Waals surface area contributed by atoms with Gasteiger partial charge < -0.3 is 21.1 Å². The molecule has 1 aliphatic heterocycles. The molecule has 12 heteroatoms. The molecule has 1 saturated heterocycles.